The maximum atomic E-state index is 12.2. The van der Waals surface area contributed by atoms with Gasteiger partial charge in [0.25, 0.3) is 0 Å². The third kappa shape index (κ3) is 4.37. The van der Waals surface area contributed by atoms with Crippen LogP contribution < -0.4 is 0 Å². The van der Waals surface area contributed by atoms with Gasteiger partial charge >= 0.3 is 0 Å². The van der Waals surface area contributed by atoms with Gasteiger partial charge in [0.2, 0.25) is 11.8 Å². The molecule has 0 aromatic heterocycles. The van der Waals surface area contributed by atoms with Crippen LogP contribution in [0, 0.1) is 5.92 Å². The second-order valence-electron chi connectivity index (χ2n) is 5.94. The fraction of sp³-hybridized carbons (Fsp3) is 0.867. The van der Waals surface area contributed by atoms with Gasteiger partial charge in [-0.1, -0.05) is 32.1 Å². The summed E-state index contributed by atoms with van der Waals surface area (Å²) in [4.78, 5) is 27.3. The fourth-order valence-electron chi connectivity index (χ4n) is 3.25. The Morgan fingerprint density at radius 1 is 0.900 bits per heavy atom. The van der Waals surface area contributed by atoms with Crippen LogP contribution in [0.4, 0.5) is 0 Å². The van der Waals surface area contributed by atoms with Crippen molar-refractivity contribution >= 4 is 23.4 Å². The number of amides is 2. The lowest BCUT2D eigenvalue weighted by molar-refractivity contribution is -0.138. The molecule has 1 saturated carbocycles. The zero-order valence-electron chi connectivity index (χ0n) is 12.2. The molecule has 0 unspecified atom stereocenters. The van der Waals surface area contributed by atoms with E-state index in [1.165, 1.54) is 32.1 Å². The van der Waals surface area contributed by atoms with Crippen molar-refractivity contribution in [1.29, 1.82) is 0 Å². The molecule has 0 aromatic carbocycles. The van der Waals surface area contributed by atoms with E-state index in [1.54, 1.807) is 4.90 Å². The van der Waals surface area contributed by atoms with E-state index in [-0.39, 0.29) is 17.7 Å². The molecule has 2 fully saturated rings. The fourth-order valence-corrected chi connectivity index (χ4v) is 3.42. The van der Waals surface area contributed by atoms with Crippen molar-refractivity contribution < 1.29 is 9.59 Å². The number of carbonyl (C=O) groups is 2. The molecule has 2 aliphatic rings. The van der Waals surface area contributed by atoms with E-state index >= 15 is 0 Å². The average Bonchev–Trinajstić information content (AvgIpc) is 2.53. The quantitative estimate of drug-likeness (QED) is 0.747. The summed E-state index contributed by atoms with van der Waals surface area (Å²) in [5.41, 5.74) is 0. The maximum absolute atomic E-state index is 12.2. The maximum Gasteiger partial charge on any atom is 0.237 e. The second kappa shape index (κ2) is 7.87. The van der Waals surface area contributed by atoms with Gasteiger partial charge in [0.15, 0.2) is 0 Å². The van der Waals surface area contributed by atoms with E-state index < -0.39 is 0 Å². The molecule has 0 aromatic rings. The highest BCUT2D eigenvalue weighted by molar-refractivity contribution is 6.27. The van der Waals surface area contributed by atoms with Gasteiger partial charge in [-0.25, -0.2) is 0 Å². The van der Waals surface area contributed by atoms with Gasteiger partial charge in [0.05, 0.1) is 0 Å². The molecule has 0 radical (unpaired) electrons. The Hall–Kier alpha value is -0.770. The van der Waals surface area contributed by atoms with Crippen molar-refractivity contribution in [2.24, 2.45) is 5.92 Å². The highest BCUT2D eigenvalue weighted by Gasteiger charge is 2.24. The standard InChI is InChI=1S/C15H25ClN2O2/c16-12-15(20)18-10-8-17(9-11-18)14(19)7-6-13-4-2-1-3-5-13/h13H,1-12H2. The molecule has 114 valence electrons. The zero-order chi connectivity index (χ0) is 14.4. The van der Waals surface area contributed by atoms with Gasteiger partial charge in [-0.2, -0.15) is 0 Å². The summed E-state index contributed by atoms with van der Waals surface area (Å²) in [6, 6.07) is 0. The van der Waals surface area contributed by atoms with E-state index in [4.69, 9.17) is 11.6 Å². The smallest absolute Gasteiger partial charge is 0.237 e. The van der Waals surface area contributed by atoms with E-state index in [2.05, 4.69) is 0 Å². The molecule has 2 rings (SSSR count). The molecular weight excluding hydrogens is 276 g/mol. The van der Waals surface area contributed by atoms with Gasteiger partial charge in [-0.05, 0) is 12.3 Å². The highest BCUT2D eigenvalue weighted by Crippen LogP contribution is 2.27. The van der Waals surface area contributed by atoms with E-state index in [0.29, 0.717) is 32.6 Å². The first kappa shape index (κ1) is 15.6. The number of halogens is 1. The third-order valence-electron chi connectivity index (χ3n) is 4.59. The van der Waals surface area contributed by atoms with Crippen molar-refractivity contribution in [3.8, 4) is 0 Å². The van der Waals surface area contributed by atoms with Crippen LogP contribution in [0.3, 0.4) is 0 Å². The minimum absolute atomic E-state index is 0.0269. The lowest BCUT2D eigenvalue weighted by Crippen LogP contribution is -2.51. The number of alkyl halides is 1. The van der Waals surface area contributed by atoms with Gasteiger partial charge in [-0.3, -0.25) is 9.59 Å². The first-order chi connectivity index (χ1) is 9.70. The predicted molar refractivity (Wildman–Crippen MR) is 79.7 cm³/mol. The van der Waals surface area contributed by atoms with Crippen LogP contribution in [0.15, 0.2) is 0 Å². The average molecular weight is 301 g/mol. The molecule has 4 nitrogen and oxygen atoms in total. The molecule has 0 bridgehead atoms. The number of hydrogen-bond acceptors (Lipinski definition) is 2. The normalized spacial score (nSPS) is 21.1. The molecule has 0 atom stereocenters. The summed E-state index contributed by atoms with van der Waals surface area (Å²) in [6.45, 7) is 2.57. The van der Waals surface area contributed by atoms with Crippen LogP contribution in [0.5, 0.6) is 0 Å². The number of carbonyl (C=O) groups excluding carboxylic acids is 2. The van der Waals surface area contributed by atoms with Crippen LogP contribution in [0.1, 0.15) is 44.9 Å². The SMILES string of the molecule is O=C(CCl)N1CCN(C(=O)CCC2CCCCC2)CC1. The van der Waals surface area contributed by atoms with Gasteiger partial charge in [0.1, 0.15) is 5.88 Å². The molecule has 0 spiro atoms. The summed E-state index contributed by atoms with van der Waals surface area (Å²) in [5.74, 6) is 1.02. The molecule has 1 aliphatic heterocycles. The van der Waals surface area contributed by atoms with Gasteiger partial charge in [0, 0.05) is 32.6 Å². The first-order valence-corrected chi connectivity index (χ1v) is 8.35. The zero-order valence-corrected chi connectivity index (χ0v) is 12.9. The minimum Gasteiger partial charge on any atom is -0.339 e. The summed E-state index contributed by atoms with van der Waals surface area (Å²) in [5, 5.41) is 0. The van der Waals surface area contributed by atoms with E-state index in [9.17, 15) is 9.59 Å². The molecule has 5 heteroatoms. The molecule has 1 heterocycles. The van der Waals surface area contributed by atoms with Crippen LogP contribution in [0.2, 0.25) is 0 Å². The number of hydrogen-bond donors (Lipinski definition) is 0. The molecule has 20 heavy (non-hydrogen) atoms. The van der Waals surface area contributed by atoms with Crippen LogP contribution in [-0.4, -0.2) is 53.7 Å². The van der Waals surface area contributed by atoms with Crippen molar-refractivity contribution in [2.75, 3.05) is 32.1 Å². The van der Waals surface area contributed by atoms with Crippen molar-refractivity contribution in [2.45, 2.75) is 44.9 Å². The molecule has 1 saturated heterocycles. The third-order valence-corrected chi connectivity index (χ3v) is 4.82. The molecule has 1 aliphatic carbocycles. The first-order valence-electron chi connectivity index (χ1n) is 7.82. The summed E-state index contributed by atoms with van der Waals surface area (Å²) < 4.78 is 0. The predicted octanol–water partition coefficient (Wildman–Crippen LogP) is 2.26. The number of rotatable bonds is 4. The van der Waals surface area contributed by atoms with E-state index in [0.717, 1.165) is 12.3 Å². The highest BCUT2D eigenvalue weighted by atomic mass is 35.5. The van der Waals surface area contributed by atoms with Crippen LogP contribution in [-0.2, 0) is 9.59 Å². The van der Waals surface area contributed by atoms with Gasteiger partial charge < -0.3 is 9.80 Å². The Labute approximate surface area is 126 Å². The van der Waals surface area contributed by atoms with Crippen molar-refractivity contribution in [1.82, 2.24) is 9.80 Å². The molecule has 0 N–H and O–H groups in total. The Kier molecular flexibility index (Phi) is 6.14. The van der Waals surface area contributed by atoms with Crippen molar-refractivity contribution in [3.63, 3.8) is 0 Å². The number of nitrogens with zero attached hydrogens (tertiary/aromatic N) is 2. The lowest BCUT2D eigenvalue weighted by atomic mass is 9.86. The number of piperazine rings is 1. The summed E-state index contributed by atoms with van der Waals surface area (Å²) >= 11 is 5.55. The Morgan fingerprint density at radius 3 is 2.00 bits per heavy atom. The molecular formula is C15H25ClN2O2. The van der Waals surface area contributed by atoms with E-state index in [1.807, 2.05) is 4.90 Å². The minimum atomic E-state index is -0.0269. The Morgan fingerprint density at radius 2 is 1.45 bits per heavy atom. The van der Waals surface area contributed by atoms with Crippen LogP contribution >= 0.6 is 11.6 Å². The topological polar surface area (TPSA) is 40.6 Å². The van der Waals surface area contributed by atoms with Crippen molar-refractivity contribution in [3.05, 3.63) is 0 Å². The molecule has 2 amide bonds. The lowest BCUT2D eigenvalue weighted by Gasteiger charge is -2.35. The monoisotopic (exact) mass is 300 g/mol. The largest absolute Gasteiger partial charge is 0.339 e. The second-order valence-corrected chi connectivity index (χ2v) is 6.21. The van der Waals surface area contributed by atoms with Gasteiger partial charge in [-0.15, -0.1) is 11.6 Å². The Bertz CT molecular complexity index is 335. The summed E-state index contributed by atoms with van der Waals surface area (Å²) in [7, 11) is 0. The van der Waals surface area contributed by atoms with Crippen LogP contribution in [0.25, 0.3) is 0 Å². The summed E-state index contributed by atoms with van der Waals surface area (Å²) in [6.07, 6.45) is 8.33. The Balaban J connectivity index is 1.67.